The van der Waals surface area contributed by atoms with Crippen LogP contribution in [0.25, 0.3) is 0 Å². The fourth-order valence-electron chi connectivity index (χ4n) is 0.832. The minimum atomic E-state index is -0.166. The first kappa shape index (κ1) is 11.8. The number of aliphatic hydroxyl groups is 1. The van der Waals surface area contributed by atoms with Crippen LogP contribution in [0.2, 0.25) is 0 Å². The van der Waals surface area contributed by atoms with E-state index in [9.17, 15) is 5.11 Å². The fraction of sp³-hybridized carbons (Fsp3) is 0.250. The summed E-state index contributed by atoms with van der Waals surface area (Å²) in [6.45, 7) is 1.72. The molecule has 0 saturated carbocycles. The van der Waals surface area contributed by atoms with Crippen LogP contribution in [0.15, 0.2) is 18.2 Å². The molecule has 3 heteroatoms. The van der Waals surface area contributed by atoms with Crippen molar-refractivity contribution in [2.75, 3.05) is 0 Å². The van der Waals surface area contributed by atoms with E-state index in [0.29, 0.717) is 5.56 Å². The Kier molecular flexibility index (Phi) is 5.82. The molecule has 0 spiro atoms. The van der Waals surface area contributed by atoms with Crippen molar-refractivity contribution >= 4 is 0 Å². The first-order valence-corrected chi connectivity index (χ1v) is 3.11. The molecule has 1 rings (SSSR count). The van der Waals surface area contributed by atoms with Gasteiger partial charge in [-0.25, -0.2) is 0 Å². The van der Waals surface area contributed by atoms with Crippen LogP contribution >= 0.6 is 0 Å². The van der Waals surface area contributed by atoms with Crippen LogP contribution in [0.3, 0.4) is 0 Å². The molecule has 54 valence electrons. The minimum absolute atomic E-state index is 0. The molecule has 0 aliphatic rings. The Morgan fingerprint density at radius 1 is 1.45 bits per heavy atom. The summed E-state index contributed by atoms with van der Waals surface area (Å²) in [4.78, 5) is 0. The third kappa shape index (κ3) is 3.34. The predicted octanol–water partition coefficient (Wildman–Crippen LogP) is -2.44. The molecular weight excluding hydrogens is 214 g/mol. The number of aryl methyl sites for hydroxylation is 1. The Morgan fingerprint density at radius 3 is 2.55 bits per heavy atom. The molecule has 0 amide bonds. The van der Waals surface area contributed by atoms with Gasteiger partial charge in [0.15, 0.2) is 0 Å². The summed E-state index contributed by atoms with van der Waals surface area (Å²) in [5.74, 6) is -0.0897. The molecule has 0 bridgehead atoms. The molecule has 1 N–H and O–H groups in total. The van der Waals surface area contributed by atoms with Crippen LogP contribution in [0.1, 0.15) is 11.1 Å². The molecule has 0 aliphatic heterocycles. The Hall–Kier alpha value is 0.785. The molecule has 11 heavy (non-hydrogen) atoms. The quantitative estimate of drug-likeness (QED) is 0.574. The van der Waals surface area contributed by atoms with Gasteiger partial charge in [0.2, 0.25) is 0 Å². The van der Waals surface area contributed by atoms with Crippen LogP contribution in [-0.2, 0) is 6.61 Å². The van der Waals surface area contributed by atoms with Crippen molar-refractivity contribution in [1.82, 2.24) is 0 Å². The third-order valence-electron chi connectivity index (χ3n) is 1.39. The van der Waals surface area contributed by atoms with Gasteiger partial charge in [-0.15, -0.1) is 5.75 Å². The summed E-state index contributed by atoms with van der Waals surface area (Å²) in [6.07, 6.45) is 0. The maximum atomic E-state index is 10.8. The molecule has 2 nitrogen and oxygen atoms in total. The van der Waals surface area contributed by atoms with E-state index in [4.69, 9.17) is 5.11 Å². The van der Waals surface area contributed by atoms with E-state index in [1.165, 1.54) is 6.07 Å². The van der Waals surface area contributed by atoms with E-state index in [1.54, 1.807) is 12.1 Å². The smallest absolute Gasteiger partial charge is 0.872 e. The molecule has 0 atom stereocenters. The molecule has 1 aromatic rings. The van der Waals surface area contributed by atoms with Crippen molar-refractivity contribution in [1.29, 1.82) is 0 Å². The minimum Gasteiger partial charge on any atom is -0.872 e. The van der Waals surface area contributed by atoms with Crippen LogP contribution in [-0.4, -0.2) is 5.11 Å². The van der Waals surface area contributed by atoms with E-state index in [1.807, 2.05) is 6.92 Å². The van der Waals surface area contributed by atoms with Gasteiger partial charge in [0.05, 0.1) is 6.61 Å². The maximum Gasteiger partial charge on any atom is 1.00 e. The second kappa shape index (κ2) is 5.43. The number of rotatable bonds is 1. The zero-order valence-electron chi connectivity index (χ0n) is 6.79. The van der Waals surface area contributed by atoms with Crippen molar-refractivity contribution in [2.24, 2.45) is 0 Å². The Labute approximate surface area is 115 Å². The maximum absolute atomic E-state index is 10.8. The van der Waals surface area contributed by atoms with Gasteiger partial charge < -0.3 is 10.2 Å². The average Bonchev–Trinajstić information content (AvgIpc) is 1.94. The summed E-state index contributed by atoms with van der Waals surface area (Å²) in [5, 5.41) is 19.5. The van der Waals surface area contributed by atoms with Crippen molar-refractivity contribution in [3.63, 3.8) is 0 Å². The van der Waals surface area contributed by atoms with Crippen molar-refractivity contribution in [3.8, 4) is 5.75 Å². The molecule has 0 aliphatic carbocycles. The zero-order valence-corrected chi connectivity index (χ0v) is 11.7. The average molecular weight is 223 g/mol. The summed E-state index contributed by atoms with van der Waals surface area (Å²) < 4.78 is 0. The van der Waals surface area contributed by atoms with E-state index in [0.717, 1.165) is 5.56 Å². The number of aliphatic hydroxyl groups excluding tert-OH is 1. The standard InChI is InChI=1S/C8H10O2.Rb/c1-6-2-3-8(10)7(4-6)5-9;/h2-4,9-10H,5H2,1H3;/q;+1/p-1. The molecular formula is C8H9O2Rb. The normalized spacial score (nSPS) is 8.91. The van der Waals surface area contributed by atoms with E-state index >= 15 is 0 Å². The van der Waals surface area contributed by atoms with E-state index in [2.05, 4.69) is 0 Å². The topological polar surface area (TPSA) is 43.3 Å². The first-order chi connectivity index (χ1) is 4.74. The molecule has 0 saturated heterocycles. The largest absolute Gasteiger partial charge is 1.00 e. The summed E-state index contributed by atoms with van der Waals surface area (Å²) in [6, 6.07) is 4.91. The van der Waals surface area contributed by atoms with Gasteiger partial charge in [-0.1, -0.05) is 23.8 Å². The summed E-state index contributed by atoms with van der Waals surface area (Å²) in [5.41, 5.74) is 1.48. The molecule has 0 heterocycles. The summed E-state index contributed by atoms with van der Waals surface area (Å²) >= 11 is 0. The van der Waals surface area contributed by atoms with Gasteiger partial charge in [-0.05, 0) is 12.5 Å². The molecule has 0 radical (unpaired) electrons. The van der Waals surface area contributed by atoms with Gasteiger partial charge in [0.25, 0.3) is 0 Å². The SMILES string of the molecule is Cc1ccc([O-])c(CO)c1.[Rb+]. The number of benzene rings is 1. The third-order valence-corrected chi connectivity index (χ3v) is 1.39. The van der Waals surface area contributed by atoms with E-state index in [-0.39, 0.29) is 70.5 Å². The van der Waals surface area contributed by atoms with Crippen molar-refractivity contribution in [3.05, 3.63) is 29.3 Å². The van der Waals surface area contributed by atoms with Crippen LogP contribution in [0.5, 0.6) is 5.75 Å². The Balaban J connectivity index is 0.000001000. The van der Waals surface area contributed by atoms with Gasteiger partial charge in [-0.2, -0.15) is 0 Å². The van der Waals surface area contributed by atoms with E-state index < -0.39 is 0 Å². The van der Waals surface area contributed by atoms with Crippen LogP contribution < -0.4 is 63.3 Å². The predicted molar refractivity (Wildman–Crippen MR) is 36.5 cm³/mol. The number of hydrogen-bond acceptors (Lipinski definition) is 2. The molecule has 0 aromatic heterocycles. The molecule has 1 aromatic carbocycles. The summed E-state index contributed by atoms with van der Waals surface area (Å²) in [7, 11) is 0. The second-order valence-corrected chi connectivity index (χ2v) is 2.27. The van der Waals surface area contributed by atoms with Crippen LogP contribution in [0, 0.1) is 6.92 Å². The van der Waals surface area contributed by atoms with Crippen molar-refractivity contribution in [2.45, 2.75) is 13.5 Å². The Bertz CT molecular complexity index is 236. The second-order valence-electron chi connectivity index (χ2n) is 2.27. The van der Waals surface area contributed by atoms with Crippen molar-refractivity contribution < 1.29 is 68.4 Å². The molecule has 0 unspecified atom stereocenters. The fourth-order valence-corrected chi connectivity index (χ4v) is 0.832. The first-order valence-electron chi connectivity index (χ1n) is 3.11. The monoisotopic (exact) mass is 222 g/mol. The van der Waals surface area contributed by atoms with Crippen LogP contribution in [0.4, 0.5) is 0 Å². The van der Waals surface area contributed by atoms with Gasteiger partial charge in [-0.3, -0.25) is 0 Å². The van der Waals surface area contributed by atoms with Gasteiger partial charge in [0.1, 0.15) is 0 Å². The zero-order chi connectivity index (χ0) is 7.56. The number of hydrogen-bond donors (Lipinski definition) is 1. The van der Waals surface area contributed by atoms with Gasteiger partial charge >= 0.3 is 58.2 Å². The molecule has 0 fully saturated rings. The Morgan fingerprint density at radius 2 is 2.09 bits per heavy atom. The van der Waals surface area contributed by atoms with Gasteiger partial charge in [0, 0.05) is 0 Å².